The van der Waals surface area contributed by atoms with Crippen LogP contribution < -0.4 is 20.6 Å². The van der Waals surface area contributed by atoms with Gasteiger partial charge in [0, 0.05) is 58.6 Å². The van der Waals surface area contributed by atoms with E-state index in [1.54, 1.807) is 52.9 Å². The zero-order chi connectivity index (χ0) is 30.8. The molecule has 0 radical (unpaired) electrons. The van der Waals surface area contributed by atoms with E-state index >= 15 is 0 Å². The molecular formula is C28H34N8O6. The number of carbonyl (C=O) groups is 1. The maximum Gasteiger partial charge on any atom is 0.410 e. The lowest BCUT2D eigenvalue weighted by Crippen LogP contribution is -2.38. The van der Waals surface area contributed by atoms with Crippen molar-refractivity contribution in [2.24, 2.45) is 7.05 Å². The van der Waals surface area contributed by atoms with Crippen molar-refractivity contribution < 1.29 is 19.2 Å². The van der Waals surface area contributed by atoms with Crippen molar-refractivity contribution >= 4 is 40.1 Å². The second-order valence-electron chi connectivity index (χ2n) is 10.7. The summed E-state index contributed by atoms with van der Waals surface area (Å²) in [6, 6.07) is 11.8. The number of nitrogens with zero attached hydrogens (tertiary/aromatic N) is 7. The number of aromatic nitrogens is 4. The molecule has 2 heterocycles. The Balaban J connectivity index is 1.62. The molecule has 4 aromatic rings. The lowest BCUT2D eigenvalue weighted by molar-refractivity contribution is -0.384. The van der Waals surface area contributed by atoms with Crippen LogP contribution in [-0.2, 0) is 11.8 Å². The molecule has 0 spiro atoms. The second-order valence-corrected chi connectivity index (χ2v) is 10.7. The molecular weight excluding hydrogens is 544 g/mol. The molecule has 14 nitrogen and oxygen atoms in total. The highest BCUT2D eigenvalue weighted by atomic mass is 16.6. The van der Waals surface area contributed by atoms with Crippen molar-refractivity contribution in [2.75, 3.05) is 44.5 Å². The van der Waals surface area contributed by atoms with Gasteiger partial charge >= 0.3 is 11.8 Å². The van der Waals surface area contributed by atoms with Gasteiger partial charge in [-0.1, -0.05) is 12.1 Å². The summed E-state index contributed by atoms with van der Waals surface area (Å²) in [5.74, 6) is 0.743. The average Bonchev–Trinajstić information content (AvgIpc) is 3.19. The van der Waals surface area contributed by atoms with E-state index in [1.165, 1.54) is 39.5 Å². The first kappa shape index (κ1) is 29.8. The van der Waals surface area contributed by atoms with Gasteiger partial charge in [-0.25, -0.2) is 19.1 Å². The van der Waals surface area contributed by atoms with E-state index in [1.807, 2.05) is 24.3 Å². The number of para-hydroxylation sites is 2. The quantitative estimate of drug-likeness (QED) is 0.227. The minimum absolute atomic E-state index is 0.111. The van der Waals surface area contributed by atoms with Crippen LogP contribution in [0.2, 0.25) is 0 Å². The largest absolute Gasteiger partial charge is 0.494 e. The smallest absolute Gasteiger partial charge is 0.410 e. The van der Waals surface area contributed by atoms with Crippen molar-refractivity contribution in [3.05, 3.63) is 69.3 Å². The Hall–Kier alpha value is -5.14. The number of hydrogen-bond acceptors (Lipinski definition) is 10. The van der Waals surface area contributed by atoms with Crippen molar-refractivity contribution in [2.45, 2.75) is 26.4 Å². The second kappa shape index (κ2) is 11.8. The lowest BCUT2D eigenvalue weighted by atomic mass is 10.2. The van der Waals surface area contributed by atoms with Crippen LogP contribution in [0.25, 0.3) is 16.9 Å². The highest BCUT2D eigenvalue weighted by Gasteiger charge is 2.24. The molecule has 2 aromatic carbocycles. The molecule has 2 aromatic heterocycles. The first-order chi connectivity index (χ1) is 19.8. The van der Waals surface area contributed by atoms with Gasteiger partial charge in [0.2, 0.25) is 5.95 Å². The minimum Gasteiger partial charge on any atom is -0.494 e. The number of amides is 1. The number of benzene rings is 2. The molecule has 0 aliphatic heterocycles. The average molecular weight is 579 g/mol. The number of rotatable bonds is 9. The Bertz CT molecular complexity index is 1690. The predicted molar refractivity (Wildman–Crippen MR) is 159 cm³/mol. The highest BCUT2D eigenvalue weighted by molar-refractivity contribution is 5.78. The molecule has 0 fully saturated rings. The fraction of sp³-hybridized carbons (Fsp3) is 0.357. The summed E-state index contributed by atoms with van der Waals surface area (Å²) in [7, 11) is 6.41. The van der Waals surface area contributed by atoms with E-state index in [9.17, 15) is 19.7 Å². The number of nitro benzene ring substituents is 1. The summed E-state index contributed by atoms with van der Waals surface area (Å²) >= 11 is 0. The summed E-state index contributed by atoms with van der Waals surface area (Å²) in [6.07, 6.45) is 0.999. The Morgan fingerprint density at radius 2 is 1.81 bits per heavy atom. The fourth-order valence-corrected chi connectivity index (χ4v) is 4.30. The molecule has 0 aliphatic rings. The van der Waals surface area contributed by atoms with Gasteiger partial charge in [-0.15, -0.1) is 0 Å². The summed E-state index contributed by atoms with van der Waals surface area (Å²) in [5.41, 5.74) is 0.852. The van der Waals surface area contributed by atoms with Gasteiger partial charge < -0.3 is 24.6 Å². The first-order valence-corrected chi connectivity index (χ1v) is 13.1. The van der Waals surface area contributed by atoms with Gasteiger partial charge in [0.1, 0.15) is 22.9 Å². The third-order valence-electron chi connectivity index (χ3n) is 6.46. The molecule has 14 heteroatoms. The van der Waals surface area contributed by atoms with Gasteiger partial charge in [0.25, 0.3) is 5.69 Å². The summed E-state index contributed by atoms with van der Waals surface area (Å²) in [6.45, 7) is 5.89. The zero-order valence-corrected chi connectivity index (χ0v) is 24.6. The van der Waals surface area contributed by atoms with E-state index in [-0.39, 0.29) is 41.8 Å². The lowest BCUT2D eigenvalue weighted by Gasteiger charge is -2.27. The number of methoxy groups -OCH3 is 1. The third-order valence-corrected chi connectivity index (χ3v) is 6.46. The van der Waals surface area contributed by atoms with Crippen molar-refractivity contribution in [3.63, 3.8) is 0 Å². The molecule has 222 valence electrons. The third kappa shape index (κ3) is 6.27. The predicted octanol–water partition coefficient (Wildman–Crippen LogP) is 4.08. The number of ether oxygens (including phenoxy) is 2. The van der Waals surface area contributed by atoms with Gasteiger partial charge in [-0.05, 0) is 32.9 Å². The molecule has 4 rings (SSSR count). The van der Waals surface area contributed by atoms with Crippen LogP contribution in [0.5, 0.6) is 5.75 Å². The summed E-state index contributed by atoms with van der Waals surface area (Å²) < 4.78 is 13.9. The standard InChI is InChI=1S/C28H34N8O6/c1-28(2,3)42-27(38)33(5)15-14-32(4)21-17-23(41-7)18(16-22(21)36(39)40)30-25-29-13-12-24(31-25)35-20-11-9-8-10-19(20)34(6)26(35)37/h8-13,16-17H,14-15H2,1-7H3,(H,29,30,31). The number of nitro groups is 1. The fourth-order valence-electron chi connectivity index (χ4n) is 4.30. The van der Waals surface area contributed by atoms with Crippen LogP contribution >= 0.6 is 0 Å². The maximum atomic E-state index is 13.0. The minimum atomic E-state index is -0.639. The number of fused-ring (bicyclic) bond motifs is 1. The van der Waals surface area contributed by atoms with E-state index in [2.05, 4.69) is 15.3 Å². The van der Waals surface area contributed by atoms with Crippen LogP contribution in [0.1, 0.15) is 20.8 Å². The van der Waals surface area contributed by atoms with Crippen LogP contribution in [0, 0.1) is 10.1 Å². The van der Waals surface area contributed by atoms with Crippen molar-refractivity contribution in [1.29, 1.82) is 0 Å². The highest BCUT2D eigenvalue weighted by Crippen LogP contribution is 2.39. The number of hydrogen-bond donors (Lipinski definition) is 1. The Labute approximate surface area is 242 Å². The molecule has 0 saturated carbocycles. The number of imidazole rings is 1. The maximum absolute atomic E-state index is 13.0. The molecule has 1 N–H and O–H groups in total. The molecule has 1 amide bonds. The Morgan fingerprint density at radius 1 is 1.12 bits per heavy atom. The number of nitrogens with one attached hydrogen (secondary N) is 1. The number of carbonyl (C=O) groups excluding carboxylic acids is 1. The Morgan fingerprint density at radius 3 is 2.45 bits per heavy atom. The summed E-state index contributed by atoms with van der Waals surface area (Å²) in [5, 5.41) is 15.1. The molecule has 0 atom stereocenters. The van der Waals surface area contributed by atoms with Gasteiger partial charge in [0.15, 0.2) is 0 Å². The normalized spacial score (nSPS) is 11.3. The monoisotopic (exact) mass is 578 g/mol. The van der Waals surface area contributed by atoms with Crippen molar-refractivity contribution in [3.8, 4) is 11.6 Å². The molecule has 0 saturated heterocycles. The van der Waals surface area contributed by atoms with Gasteiger partial charge in [-0.3, -0.25) is 14.7 Å². The number of anilines is 3. The molecule has 0 unspecified atom stereocenters. The summed E-state index contributed by atoms with van der Waals surface area (Å²) in [4.78, 5) is 48.7. The topological polar surface area (TPSA) is 150 Å². The van der Waals surface area contributed by atoms with Gasteiger partial charge in [0.05, 0.1) is 28.8 Å². The molecule has 0 bridgehead atoms. The number of aryl methyl sites for hydroxylation is 1. The van der Waals surface area contributed by atoms with E-state index in [4.69, 9.17) is 9.47 Å². The van der Waals surface area contributed by atoms with E-state index < -0.39 is 16.6 Å². The van der Waals surface area contributed by atoms with Crippen LogP contribution in [0.4, 0.5) is 27.8 Å². The van der Waals surface area contributed by atoms with Gasteiger partial charge in [-0.2, -0.15) is 4.98 Å². The van der Waals surface area contributed by atoms with Crippen LogP contribution in [0.3, 0.4) is 0 Å². The van der Waals surface area contributed by atoms with Crippen LogP contribution in [0.15, 0.2) is 53.5 Å². The van der Waals surface area contributed by atoms with Crippen LogP contribution in [-0.4, -0.2) is 74.9 Å². The van der Waals surface area contributed by atoms with Crippen molar-refractivity contribution in [1.82, 2.24) is 24.0 Å². The van der Waals surface area contributed by atoms with E-state index in [0.717, 1.165) is 5.52 Å². The molecule has 0 aliphatic carbocycles. The SMILES string of the molecule is COc1cc(N(C)CCN(C)C(=O)OC(C)(C)C)c([N+](=O)[O-])cc1Nc1nccc(-n2c(=O)n(C)c3ccccc32)n1. The zero-order valence-electron chi connectivity index (χ0n) is 24.6. The number of likely N-dealkylation sites (N-methyl/N-ethyl adjacent to an activating group) is 2. The Kier molecular flexibility index (Phi) is 8.36. The molecule has 42 heavy (non-hydrogen) atoms. The van der Waals surface area contributed by atoms with E-state index in [0.29, 0.717) is 17.1 Å². The first-order valence-electron chi connectivity index (χ1n) is 13.1.